The molecule has 0 spiro atoms. The molecule has 1 saturated heterocycles. The highest BCUT2D eigenvalue weighted by Gasteiger charge is 2.30. The van der Waals surface area contributed by atoms with Gasteiger partial charge >= 0.3 is 6.09 Å². The average Bonchev–Trinajstić information content (AvgIpc) is 3.04. The number of amides is 1. The molecule has 2 rings (SSSR count). The predicted octanol–water partition coefficient (Wildman–Crippen LogP) is 4.79. The van der Waals surface area contributed by atoms with E-state index in [-0.39, 0.29) is 18.2 Å². The third-order valence-electron chi connectivity index (χ3n) is 4.10. The van der Waals surface area contributed by atoms with Gasteiger partial charge in [0.2, 0.25) is 0 Å². The lowest BCUT2D eigenvalue weighted by Gasteiger charge is -2.36. The van der Waals surface area contributed by atoms with Crippen LogP contribution in [0, 0.1) is 0 Å². The maximum Gasteiger partial charge on any atom is 0.410 e. The molecule has 2 heterocycles. The van der Waals surface area contributed by atoms with Gasteiger partial charge in [0.05, 0.1) is 0 Å². The molecule has 24 heavy (non-hydrogen) atoms. The van der Waals surface area contributed by atoms with Gasteiger partial charge in [-0.1, -0.05) is 0 Å². The van der Waals surface area contributed by atoms with E-state index in [0.29, 0.717) is 6.61 Å². The van der Waals surface area contributed by atoms with Crippen LogP contribution in [0.1, 0.15) is 70.9 Å². The van der Waals surface area contributed by atoms with Gasteiger partial charge in [0.1, 0.15) is 16.7 Å². The fraction of sp³-hybridized carbons (Fsp3) is 0.778. The summed E-state index contributed by atoms with van der Waals surface area (Å²) in [5, 5.41) is 2.98. The summed E-state index contributed by atoms with van der Waals surface area (Å²) in [6.07, 6.45) is 6.88. The predicted molar refractivity (Wildman–Crippen MR) is 96.3 cm³/mol. The van der Waals surface area contributed by atoms with Crippen LogP contribution in [0.15, 0.2) is 11.6 Å². The van der Waals surface area contributed by atoms with E-state index in [1.807, 2.05) is 38.0 Å². The second-order valence-corrected chi connectivity index (χ2v) is 8.28. The highest BCUT2D eigenvalue weighted by molar-refractivity contribution is 7.09. The minimum Gasteiger partial charge on any atom is -0.444 e. The first-order valence-corrected chi connectivity index (χ1v) is 9.75. The molecule has 0 N–H and O–H groups in total. The maximum atomic E-state index is 12.4. The highest BCUT2D eigenvalue weighted by atomic mass is 32.1. The Morgan fingerprint density at radius 1 is 1.46 bits per heavy atom. The Balaban J connectivity index is 1.75. The molecule has 0 unspecified atom stereocenters. The molecule has 2 atom stereocenters. The van der Waals surface area contributed by atoms with E-state index in [1.54, 1.807) is 17.5 Å². The maximum absolute atomic E-state index is 12.4. The Bertz CT molecular complexity index is 499. The van der Waals surface area contributed by atoms with Crippen molar-refractivity contribution in [2.24, 2.45) is 0 Å². The summed E-state index contributed by atoms with van der Waals surface area (Å²) >= 11 is 1.62. The standard InChI is InChI=1S/C18H30N2O3S/c1-14(16-19-10-13-24-16)22-12-7-9-15-8-5-6-11-20(15)17(21)23-18(2,3)4/h10,13-15H,5-9,11-12H2,1-4H3/t14-,15-/m0/s1. The van der Waals surface area contributed by atoms with Crippen molar-refractivity contribution in [2.45, 2.75) is 77.5 Å². The summed E-state index contributed by atoms with van der Waals surface area (Å²) in [5.74, 6) is 0. The molecule has 5 nitrogen and oxygen atoms in total. The van der Waals surface area contributed by atoms with E-state index >= 15 is 0 Å². The number of piperidine rings is 1. The zero-order valence-electron chi connectivity index (χ0n) is 15.3. The minimum atomic E-state index is -0.439. The molecule has 0 aliphatic carbocycles. The van der Waals surface area contributed by atoms with E-state index in [2.05, 4.69) is 4.98 Å². The van der Waals surface area contributed by atoms with Crippen LogP contribution in [0.25, 0.3) is 0 Å². The molecule has 0 bridgehead atoms. The molecule has 6 heteroatoms. The zero-order valence-corrected chi connectivity index (χ0v) is 16.1. The third kappa shape index (κ3) is 6.06. The van der Waals surface area contributed by atoms with Crippen LogP contribution in [0.2, 0.25) is 0 Å². The van der Waals surface area contributed by atoms with Gasteiger partial charge in [-0.15, -0.1) is 11.3 Å². The Hall–Kier alpha value is -1.14. The quantitative estimate of drug-likeness (QED) is 0.689. The van der Waals surface area contributed by atoms with Gasteiger partial charge in [-0.25, -0.2) is 9.78 Å². The third-order valence-corrected chi connectivity index (χ3v) is 5.04. The molecule has 1 fully saturated rings. The first kappa shape index (κ1) is 19.2. The number of hydrogen-bond donors (Lipinski definition) is 0. The number of nitrogens with zero attached hydrogens (tertiary/aromatic N) is 2. The van der Waals surface area contributed by atoms with Crippen molar-refractivity contribution in [1.29, 1.82) is 0 Å². The normalized spacial score (nSPS) is 20.0. The molecule has 0 radical (unpaired) electrons. The SMILES string of the molecule is C[C@H](OCCC[C@@H]1CCCCN1C(=O)OC(C)(C)C)c1nccs1. The van der Waals surface area contributed by atoms with Gasteiger partial charge in [-0.05, 0) is 59.8 Å². The van der Waals surface area contributed by atoms with Crippen LogP contribution in [0.5, 0.6) is 0 Å². The van der Waals surface area contributed by atoms with Gasteiger partial charge in [0.25, 0.3) is 0 Å². The van der Waals surface area contributed by atoms with Crippen LogP contribution >= 0.6 is 11.3 Å². The smallest absolute Gasteiger partial charge is 0.410 e. The number of rotatable bonds is 6. The Morgan fingerprint density at radius 3 is 2.92 bits per heavy atom. The number of carbonyl (C=O) groups is 1. The summed E-state index contributed by atoms with van der Waals surface area (Å²) in [6, 6.07) is 0.271. The first-order valence-electron chi connectivity index (χ1n) is 8.87. The largest absolute Gasteiger partial charge is 0.444 e. The number of hydrogen-bond acceptors (Lipinski definition) is 5. The second-order valence-electron chi connectivity index (χ2n) is 7.35. The van der Waals surface area contributed by atoms with E-state index in [4.69, 9.17) is 9.47 Å². The van der Waals surface area contributed by atoms with Crippen molar-refractivity contribution in [3.63, 3.8) is 0 Å². The Labute approximate surface area is 149 Å². The molecule has 1 aromatic rings. The zero-order chi connectivity index (χ0) is 17.6. The van der Waals surface area contributed by atoms with E-state index in [9.17, 15) is 4.79 Å². The molecule has 1 aromatic heterocycles. The summed E-state index contributed by atoms with van der Waals surface area (Å²) in [7, 11) is 0. The summed E-state index contributed by atoms with van der Waals surface area (Å²) in [4.78, 5) is 18.6. The lowest BCUT2D eigenvalue weighted by atomic mass is 9.98. The van der Waals surface area contributed by atoms with Gasteiger partial charge in [-0.2, -0.15) is 0 Å². The molecular formula is C18H30N2O3S. The monoisotopic (exact) mass is 354 g/mol. The lowest BCUT2D eigenvalue weighted by molar-refractivity contribution is 0.00593. The molecule has 136 valence electrons. The van der Waals surface area contributed by atoms with Gasteiger partial charge < -0.3 is 14.4 Å². The Kier molecular flexibility index (Phi) is 7.04. The van der Waals surface area contributed by atoms with Crippen LogP contribution < -0.4 is 0 Å². The van der Waals surface area contributed by atoms with Crippen molar-refractivity contribution in [3.8, 4) is 0 Å². The molecule has 1 amide bonds. The summed E-state index contributed by atoms with van der Waals surface area (Å²) < 4.78 is 11.4. The fourth-order valence-corrected chi connectivity index (χ4v) is 3.59. The van der Waals surface area contributed by atoms with Gasteiger partial charge in [0.15, 0.2) is 0 Å². The molecule has 0 aromatic carbocycles. The van der Waals surface area contributed by atoms with Gasteiger partial charge in [0, 0.05) is 30.8 Å². The van der Waals surface area contributed by atoms with E-state index in [1.165, 1.54) is 6.42 Å². The Morgan fingerprint density at radius 2 is 2.25 bits per heavy atom. The summed E-state index contributed by atoms with van der Waals surface area (Å²) in [6.45, 7) is 9.27. The van der Waals surface area contributed by atoms with Crippen LogP contribution in [0.3, 0.4) is 0 Å². The molecule has 0 saturated carbocycles. The molecule has 1 aliphatic rings. The fourth-order valence-electron chi connectivity index (χ4n) is 2.95. The molecular weight excluding hydrogens is 324 g/mol. The second kappa shape index (κ2) is 8.81. The van der Waals surface area contributed by atoms with Gasteiger partial charge in [-0.3, -0.25) is 0 Å². The van der Waals surface area contributed by atoms with E-state index in [0.717, 1.165) is 37.2 Å². The number of aromatic nitrogens is 1. The van der Waals surface area contributed by atoms with Crippen molar-refractivity contribution >= 4 is 17.4 Å². The van der Waals surface area contributed by atoms with E-state index < -0.39 is 5.60 Å². The number of ether oxygens (including phenoxy) is 2. The summed E-state index contributed by atoms with van der Waals surface area (Å²) in [5.41, 5.74) is -0.439. The lowest BCUT2D eigenvalue weighted by Crippen LogP contribution is -2.46. The van der Waals surface area contributed by atoms with Crippen molar-refractivity contribution in [2.75, 3.05) is 13.2 Å². The van der Waals surface area contributed by atoms with Crippen molar-refractivity contribution < 1.29 is 14.3 Å². The number of thiazole rings is 1. The van der Waals surface area contributed by atoms with Crippen molar-refractivity contribution in [1.82, 2.24) is 9.88 Å². The first-order chi connectivity index (χ1) is 11.4. The topological polar surface area (TPSA) is 51.7 Å². The van der Waals surface area contributed by atoms with Crippen LogP contribution in [0.4, 0.5) is 4.79 Å². The van der Waals surface area contributed by atoms with Crippen molar-refractivity contribution in [3.05, 3.63) is 16.6 Å². The van der Waals surface area contributed by atoms with Crippen LogP contribution in [-0.2, 0) is 9.47 Å². The highest BCUT2D eigenvalue weighted by Crippen LogP contribution is 2.24. The molecule has 1 aliphatic heterocycles. The average molecular weight is 355 g/mol. The minimum absolute atomic E-state index is 0.0401. The number of likely N-dealkylation sites (tertiary alicyclic amines) is 1. The van der Waals surface area contributed by atoms with Crippen LogP contribution in [-0.4, -0.2) is 40.8 Å². The number of carbonyl (C=O) groups excluding carboxylic acids is 1.